The van der Waals surface area contributed by atoms with E-state index in [-0.39, 0.29) is 19.1 Å². The van der Waals surface area contributed by atoms with Gasteiger partial charge in [0.2, 0.25) is 0 Å². The lowest BCUT2D eigenvalue weighted by Gasteiger charge is -2.15. The third kappa shape index (κ3) is 3.50. The predicted molar refractivity (Wildman–Crippen MR) is 94.5 cm³/mol. The van der Waals surface area contributed by atoms with Crippen molar-refractivity contribution >= 4 is 12.1 Å². The molecule has 1 amide bonds. The van der Waals surface area contributed by atoms with E-state index in [9.17, 15) is 9.59 Å². The molecule has 1 aliphatic rings. The number of alkyl carbamates (subject to hydrolysis) is 1. The van der Waals surface area contributed by atoms with Gasteiger partial charge in [0, 0.05) is 12.5 Å². The van der Waals surface area contributed by atoms with E-state index in [4.69, 9.17) is 9.84 Å². The lowest BCUT2D eigenvalue weighted by atomic mass is 9.98. The summed E-state index contributed by atoms with van der Waals surface area (Å²) >= 11 is 0. The molecule has 2 N–H and O–H groups in total. The van der Waals surface area contributed by atoms with Gasteiger partial charge in [0.1, 0.15) is 6.61 Å². The molecule has 0 radical (unpaired) electrons. The van der Waals surface area contributed by atoms with Crippen LogP contribution in [0.15, 0.2) is 48.5 Å². The number of hydrogen-bond acceptors (Lipinski definition) is 3. The Bertz CT molecular complexity index is 741. The van der Waals surface area contributed by atoms with Crippen molar-refractivity contribution in [1.82, 2.24) is 5.32 Å². The molecule has 0 spiro atoms. The van der Waals surface area contributed by atoms with Crippen LogP contribution in [0.4, 0.5) is 4.79 Å². The third-order valence-electron chi connectivity index (χ3n) is 4.68. The van der Waals surface area contributed by atoms with Gasteiger partial charge in [-0.15, -0.1) is 0 Å². The molecule has 0 saturated heterocycles. The molecule has 5 heteroatoms. The van der Waals surface area contributed by atoms with Crippen molar-refractivity contribution in [2.45, 2.75) is 19.3 Å². The molecule has 1 atom stereocenters. The van der Waals surface area contributed by atoms with Gasteiger partial charge in [0.05, 0.1) is 5.92 Å². The van der Waals surface area contributed by atoms with E-state index in [1.807, 2.05) is 24.3 Å². The fraction of sp³-hybridized carbons (Fsp3) is 0.300. The standard InChI is InChI=1S/C20H21NO4/c1-2-13(19(22)23)11-21-20(24)25-12-18-16-9-5-3-7-14(16)15-8-4-6-10-17(15)18/h3-10,13,18H,2,11-12H2,1H3,(H,21,24)(H,22,23)/t13-/m0/s1. The number of carbonyl (C=O) groups excluding carboxylic acids is 1. The maximum atomic E-state index is 11.9. The van der Waals surface area contributed by atoms with Crippen LogP contribution in [-0.2, 0) is 9.53 Å². The number of rotatable bonds is 6. The lowest BCUT2D eigenvalue weighted by Crippen LogP contribution is -2.33. The van der Waals surface area contributed by atoms with Crippen LogP contribution in [0.1, 0.15) is 30.4 Å². The van der Waals surface area contributed by atoms with Crippen LogP contribution in [0.5, 0.6) is 0 Å². The molecule has 0 bridgehead atoms. The average Bonchev–Trinajstić information content (AvgIpc) is 2.94. The molecule has 0 aliphatic heterocycles. The summed E-state index contributed by atoms with van der Waals surface area (Å²) in [7, 11) is 0. The summed E-state index contributed by atoms with van der Waals surface area (Å²) in [5, 5.41) is 11.6. The van der Waals surface area contributed by atoms with Crippen molar-refractivity contribution in [1.29, 1.82) is 0 Å². The highest BCUT2D eigenvalue weighted by atomic mass is 16.5. The van der Waals surface area contributed by atoms with Gasteiger partial charge in [-0.05, 0) is 28.7 Å². The lowest BCUT2D eigenvalue weighted by molar-refractivity contribution is -0.141. The van der Waals surface area contributed by atoms with Gasteiger partial charge in [-0.1, -0.05) is 55.5 Å². The molecule has 0 saturated carbocycles. The SMILES string of the molecule is CC[C@@H](CNC(=O)OCC1c2ccccc2-c2ccccc21)C(=O)O. The minimum absolute atomic E-state index is 0.000374. The molecular weight excluding hydrogens is 318 g/mol. The van der Waals surface area contributed by atoms with Crippen molar-refractivity contribution in [2.24, 2.45) is 5.92 Å². The van der Waals surface area contributed by atoms with Crippen LogP contribution < -0.4 is 5.32 Å². The van der Waals surface area contributed by atoms with Crippen LogP contribution in [0.2, 0.25) is 0 Å². The number of amides is 1. The normalized spacial score (nSPS) is 13.6. The van der Waals surface area contributed by atoms with Crippen molar-refractivity contribution in [3.05, 3.63) is 59.7 Å². The number of benzene rings is 2. The molecule has 0 heterocycles. The van der Waals surface area contributed by atoms with Gasteiger partial charge < -0.3 is 15.2 Å². The van der Waals surface area contributed by atoms with Gasteiger partial charge in [-0.2, -0.15) is 0 Å². The zero-order valence-corrected chi connectivity index (χ0v) is 14.1. The largest absolute Gasteiger partial charge is 0.481 e. The number of fused-ring (bicyclic) bond motifs is 3. The first-order valence-electron chi connectivity index (χ1n) is 8.43. The Morgan fingerprint density at radius 3 is 2.16 bits per heavy atom. The second-order valence-electron chi connectivity index (χ2n) is 6.15. The summed E-state index contributed by atoms with van der Waals surface area (Å²) in [6, 6.07) is 16.2. The first-order valence-corrected chi connectivity index (χ1v) is 8.43. The molecule has 0 unspecified atom stereocenters. The monoisotopic (exact) mass is 339 g/mol. The van der Waals surface area contributed by atoms with Crippen molar-refractivity contribution in [3.8, 4) is 11.1 Å². The van der Waals surface area contributed by atoms with Crippen molar-refractivity contribution < 1.29 is 19.4 Å². The number of aliphatic carboxylic acids is 1. The third-order valence-corrected chi connectivity index (χ3v) is 4.68. The van der Waals surface area contributed by atoms with Gasteiger partial charge in [-0.25, -0.2) is 4.79 Å². The van der Waals surface area contributed by atoms with Gasteiger partial charge >= 0.3 is 12.1 Å². The van der Waals surface area contributed by atoms with E-state index in [0.29, 0.717) is 6.42 Å². The highest BCUT2D eigenvalue weighted by Gasteiger charge is 2.29. The van der Waals surface area contributed by atoms with E-state index in [2.05, 4.69) is 29.6 Å². The maximum Gasteiger partial charge on any atom is 0.407 e. The minimum Gasteiger partial charge on any atom is -0.481 e. The Morgan fingerprint density at radius 2 is 1.64 bits per heavy atom. The molecular formula is C20H21NO4. The summed E-state index contributed by atoms with van der Waals surface area (Å²) in [5.74, 6) is -1.51. The first-order chi connectivity index (χ1) is 12.1. The van der Waals surface area contributed by atoms with E-state index < -0.39 is 18.0 Å². The summed E-state index contributed by atoms with van der Waals surface area (Å²) in [4.78, 5) is 22.9. The van der Waals surface area contributed by atoms with Gasteiger partial charge in [0.15, 0.2) is 0 Å². The molecule has 130 valence electrons. The summed E-state index contributed by atoms with van der Waals surface area (Å²) in [5.41, 5.74) is 4.63. The number of nitrogens with one attached hydrogen (secondary N) is 1. The van der Waals surface area contributed by atoms with Crippen molar-refractivity contribution in [2.75, 3.05) is 13.2 Å². The number of carboxylic acids is 1. The smallest absolute Gasteiger partial charge is 0.407 e. The highest BCUT2D eigenvalue weighted by Crippen LogP contribution is 2.44. The number of carboxylic acid groups (broad SMARTS) is 1. The Morgan fingerprint density at radius 1 is 1.08 bits per heavy atom. The fourth-order valence-corrected chi connectivity index (χ4v) is 3.26. The summed E-state index contributed by atoms with van der Waals surface area (Å²) in [6.07, 6.45) is -0.125. The summed E-state index contributed by atoms with van der Waals surface area (Å²) in [6.45, 7) is 2.07. The molecule has 5 nitrogen and oxygen atoms in total. The zero-order chi connectivity index (χ0) is 17.8. The topological polar surface area (TPSA) is 75.6 Å². The van der Waals surface area contributed by atoms with Crippen LogP contribution in [-0.4, -0.2) is 30.3 Å². The highest BCUT2D eigenvalue weighted by molar-refractivity contribution is 5.79. The molecule has 0 fully saturated rings. The minimum atomic E-state index is -0.915. The Hall–Kier alpha value is -2.82. The fourth-order valence-electron chi connectivity index (χ4n) is 3.26. The van der Waals surface area contributed by atoms with Gasteiger partial charge in [0.25, 0.3) is 0 Å². The molecule has 2 aromatic carbocycles. The molecule has 2 aromatic rings. The Balaban J connectivity index is 1.65. The second-order valence-corrected chi connectivity index (χ2v) is 6.15. The molecule has 0 aromatic heterocycles. The second kappa shape index (κ2) is 7.38. The number of ether oxygens (including phenoxy) is 1. The van der Waals surface area contributed by atoms with E-state index in [0.717, 1.165) is 11.1 Å². The van der Waals surface area contributed by atoms with Crippen LogP contribution in [0.3, 0.4) is 0 Å². The van der Waals surface area contributed by atoms with Crippen LogP contribution >= 0.6 is 0 Å². The molecule has 25 heavy (non-hydrogen) atoms. The number of carbonyl (C=O) groups is 2. The predicted octanol–water partition coefficient (Wildman–Crippen LogP) is 3.64. The van der Waals surface area contributed by atoms with Gasteiger partial charge in [-0.3, -0.25) is 4.79 Å². The Labute approximate surface area is 146 Å². The summed E-state index contributed by atoms with van der Waals surface area (Å²) < 4.78 is 5.37. The van der Waals surface area contributed by atoms with Crippen LogP contribution in [0.25, 0.3) is 11.1 Å². The average molecular weight is 339 g/mol. The Kier molecular flexibility index (Phi) is 5.03. The van der Waals surface area contributed by atoms with E-state index in [1.54, 1.807) is 6.92 Å². The van der Waals surface area contributed by atoms with Crippen molar-refractivity contribution in [3.63, 3.8) is 0 Å². The van der Waals surface area contributed by atoms with Crippen LogP contribution in [0, 0.1) is 5.92 Å². The quantitative estimate of drug-likeness (QED) is 0.842. The van der Waals surface area contributed by atoms with E-state index >= 15 is 0 Å². The number of hydrogen-bond donors (Lipinski definition) is 2. The van der Waals surface area contributed by atoms with E-state index in [1.165, 1.54) is 11.1 Å². The zero-order valence-electron chi connectivity index (χ0n) is 14.1. The molecule has 3 rings (SSSR count). The first kappa shape index (κ1) is 17.0. The molecule has 1 aliphatic carbocycles. The maximum absolute atomic E-state index is 11.9.